The van der Waals surface area contributed by atoms with E-state index in [0.717, 1.165) is 0 Å². The second kappa shape index (κ2) is 9.88. The fourth-order valence-electron chi connectivity index (χ4n) is 2.65. The van der Waals surface area contributed by atoms with Crippen molar-refractivity contribution in [2.45, 2.75) is 25.3 Å². The molecule has 0 saturated heterocycles. The molecule has 2 aromatic carbocycles. The molecule has 0 heterocycles. The molecule has 0 bridgehead atoms. The molecule has 7 N–H and O–H groups in total. The van der Waals surface area contributed by atoms with Gasteiger partial charge in [-0.25, -0.2) is 0 Å². The minimum absolute atomic E-state index is 0.0834. The quantitative estimate of drug-likeness (QED) is 0.278. The Kier molecular flexibility index (Phi) is 7.30. The zero-order valence-corrected chi connectivity index (χ0v) is 15.5. The van der Waals surface area contributed by atoms with Gasteiger partial charge in [0.05, 0.1) is 12.5 Å². The number of anilines is 1. The van der Waals surface area contributed by atoms with Gasteiger partial charge in [0, 0.05) is 29.7 Å². The number of phenols is 1. The predicted octanol–water partition coefficient (Wildman–Crippen LogP) is 1.73. The van der Waals surface area contributed by atoms with E-state index in [4.69, 9.17) is 16.2 Å². The lowest BCUT2D eigenvalue weighted by molar-refractivity contribution is -0.138. The summed E-state index contributed by atoms with van der Waals surface area (Å²) >= 11 is 0. The second-order valence-corrected chi connectivity index (χ2v) is 6.32. The van der Waals surface area contributed by atoms with E-state index >= 15 is 0 Å². The fourth-order valence-corrected chi connectivity index (χ4v) is 2.65. The Balaban J connectivity index is 1.91. The van der Waals surface area contributed by atoms with Crippen molar-refractivity contribution < 1.29 is 24.6 Å². The maximum atomic E-state index is 12.2. The molecule has 0 aliphatic rings. The normalized spacial score (nSPS) is 11.3. The summed E-state index contributed by atoms with van der Waals surface area (Å²) in [6, 6.07) is 11.6. The van der Waals surface area contributed by atoms with Crippen LogP contribution in [0.15, 0.2) is 48.5 Å². The molecule has 1 unspecified atom stereocenters. The van der Waals surface area contributed by atoms with Crippen LogP contribution in [0.3, 0.4) is 0 Å². The topological polar surface area (TPSA) is 166 Å². The highest BCUT2D eigenvalue weighted by Crippen LogP contribution is 2.26. The van der Waals surface area contributed by atoms with Crippen molar-refractivity contribution in [2.24, 2.45) is 5.73 Å². The molecule has 0 radical (unpaired) electrons. The van der Waals surface area contributed by atoms with Gasteiger partial charge in [0.1, 0.15) is 11.6 Å². The van der Waals surface area contributed by atoms with Gasteiger partial charge < -0.3 is 26.6 Å². The van der Waals surface area contributed by atoms with Crippen LogP contribution in [0.2, 0.25) is 0 Å². The average molecular weight is 398 g/mol. The number of rotatable bonds is 9. The predicted molar refractivity (Wildman–Crippen MR) is 107 cm³/mol. The standard InChI is InChI=1S/C20H22N4O5/c21-20(22)12-5-7-13(8-6-12)23-17(26)9-10-18(27)24-15(11-19(28)29)14-3-1-2-4-16(14)25/h1-8,15,25H,9-11H2,(H3,21,22)(H,23,26)(H,24,27)(H,28,29). The average Bonchev–Trinajstić information content (AvgIpc) is 2.66. The molecular weight excluding hydrogens is 376 g/mol. The lowest BCUT2D eigenvalue weighted by Crippen LogP contribution is -2.30. The van der Waals surface area contributed by atoms with Gasteiger partial charge in [-0.15, -0.1) is 0 Å². The van der Waals surface area contributed by atoms with Crippen LogP contribution < -0.4 is 16.4 Å². The van der Waals surface area contributed by atoms with Crippen molar-refractivity contribution in [3.05, 3.63) is 59.7 Å². The number of carboxylic acids is 1. The number of hydrogen-bond donors (Lipinski definition) is 6. The van der Waals surface area contributed by atoms with Crippen LogP contribution in [0.25, 0.3) is 0 Å². The van der Waals surface area contributed by atoms with Crippen molar-refractivity contribution in [2.75, 3.05) is 5.32 Å². The zero-order chi connectivity index (χ0) is 21.4. The number of aliphatic carboxylic acids is 1. The van der Waals surface area contributed by atoms with Crippen molar-refractivity contribution >= 4 is 29.3 Å². The third kappa shape index (κ3) is 6.65. The van der Waals surface area contributed by atoms with Crippen molar-refractivity contribution in [3.8, 4) is 5.75 Å². The number of amidine groups is 1. The number of aromatic hydroxyl groups is 1. The summed E-state index contributed by atoms with van der Waals surface area (Å²) in [4.78, 5) is 35.3. The summed E-state index contributed by atoms with van der Waals surface area (Å²) in [6.45, 7) is 0. The van der Waals surface area contributed by atoms with Crippen molar-refractivity contribution in [1.29, 1.82) is 5.41 Å². The molecule has 29 heavy (non-hydrogen) atoms. The maximum absolute atomic E-state index is 12.2. The number of nitrogens with one attached hydrogen (secondary N) is 3. The molecule has 2 amide bonds. The Morgan fingerprint density at radius 1 is 1.00 bits per heavy atom. The first kappa shape index (κ1) is 21.4. The number of carbonyl (C=O) groups excluding carboxylic acids is 2. The van der Waals surface area contributed by atoms with E-state index in [9.17, 15) is 19.5 Å². The highest BCUT2D eigenvalue weighted by molar-refractivity contribution is 5.96. The van der Waals surface area contributed by atoms with Crippen LogP contribution in [-0.2, 0) is 14.4 Å². The fraction of sp³-hybridized carbons (Fsp3) is 0.200. The third-order valence-electron chi connectivity index (χ3n) is 4.08. The molecule has 9 heteroatoms. The number of hydrogen-bond acceptors (Lipinski definition) is 5. The van der Waals surface area contributed by atoms with Crippen LogP contribution >= 0.6 is 0 Å². The summed E-state index contributed by atoms with van der Waals surface area (Å²) < 4.78 is 0. The first-order chi connectivity index (χ1) is 13.8. The van der Waals surface area contributed by atoms with Gasteiger partial charge in [0.15, 0.2) is 0 Å². The number of carbonyl (C=O) groups is 3. The van der Waals surface area contributed by atoms with Gasteiger partial charge in [0.25, 0.3) is 0 Å². The molecule has 0 aliphatic heterocycles. The van der Waals surface area contributed by atoms with E-state index in [1.54, 1.807) is 36.4 Å². The number of nitrogen functional groups attached to an aromatic ring is 1. The Hall–Kier alpha value is -3.88. The Bertz CT molecular complexity index is 911. The summed E-state index contributed by atoms with van der Waals surface area (Å²) in [7, 11) is 0. The third-order valence-corrected chi connectivity index (χ3v) is 4.08. The minimum Gasteiger partial charge on any atom is -0.508 e. The van der Waals surface area contributed by atoms with Crippen LogP contribution in [0, 0.1) is 5.41 Å². The van der Waals surface area contributed by atoms with Gasteiger partial charge >= 0.3 is 5.97 Å². The van der Waals surface area contributed by atoms with E-state index < -0.39 is 30.2 Å². The smallest absolute Gasteiger partial charge is 0.305 e. The Morgan fingerprint density at radius 2 is 1.62 bits per heavy atom. The van der Waals surface area contributed by atoms with Gasteiger partial charge in [0.2, 0.25) is 11.8 Å². The first-order valence-electron chi connectivity index (χ1n) is 8.79. The van der Waals surface area contributed by atoms with Gasteiger partial charge in [-0.1, -0.05) is 18.2 Å². The molecule has 0 fully saturated rings. The van der Waals surface area contributed by atoms with Crippen LogP contribution in [0.1, 0.15) is 36.4 Å². The lowest BCUT2D eigenvalue weighted by atomic mass is 10.0. The lowest BCUT2D eigenvalue weighted by Gasteiger charge is -2.18. The number of phenolic OH excluding ortho intramolecular Hbond substituents is 1. The molecule has 0 aliphatic carbocycles. The van der Waals surface area contributed by atoms with Crippen LogP contribution in [-0.4, -0.2) is 33.8 Å². The van der Waals surface area contributed by atoms with Crippen molar-refractivity contribution in [1.82, 2.24) is 5.32 Å². The van der Waals surface area contributed by atoms with E-state index in [2.05, 4.69) is 10.6 Å². The van der Waals surface area contributed by atoms with E-state index in [1.165, 1.54) is 12.1 Å². The Labute approximate surface area is 167 Å². The Morgan fingerprint density at radius 3 is 2.21 bits per heavy atom. The second-order valence-electron chi connectivity index (χ2n) is 6.32. The van der Waals surface area contributed by atoms with Gasteiger partial charge in [-0.2, -0.15) is 0 Å². The SMILES string of the molecule is N=C(N)c1ccc(NC(=O)CCC(=O)NC(CC(=O)O)c2ccccc2O)cc1. The van der Waals surface area contributed by atoms with E-state index in [0.29, 0.717) is 16.8 Å². The van der Waals surface area contributed by atoms with Gasteiger partial charge in [-0.3, -0.25) is 19.8 Å². The van der Waals surface area contributed by atoms with E-state index in [1.807, 2.05) is 0 Å². The molecule has 1 atom stereocenters. The molecular formula is C20H22N4O5. The monoisotopic (exact) mass is 398 g/mol. The molecule has 152 valence electrons. The first-order valence-corrected chi connectivity index (χ1v) is 8.79. The number of carboxylic acid groups (broad SMARTS) is 1. The summed E-state index contributed by atoms with van der Waals surface area (Å²) in [6.07, 6.45) is -0.667. The van der Waals surface area contributed by atoms with Crippen LogP contribution in [0.5, 0.6) is 5.75 Å². The summed E-state index contributed by atoms with van der Waals surface area (Å²) in [5.74, 6) is -2.24. The number of nitrogens with two attached hydrogens (primary N) is 1. The highest BCUT2D eigenvalue weighted by Gasteiger charge is 2.21. The summed E-state index contributed by atoms with van der Waals surface area (Å²) in [5.41, 5.74) is 6.68. The van der Waals surface area contributed by atoms with E-state index in [-0.39, 0.29) is 24.4 Å². The number of amides is 2. The number of para-hydroxylation sites is 1. The number of benzene rings is 2. The van der Waals surface area contributed by atoms with Crippen LogP contribution in [0.4, 0.5) is 5.69 Å². The minimum atomic E-state index is -1.13. The molecule has 0 saturated carbocycles. The molecule has 0 spiro atoms. The molecule has 2 rings (SSSR count). The van der Waals surface area contributed by atoms with Gasteiger partial charge in [-0.05, 0) is 30.3 Å². The molecule has 2 aromatic rings. The molecule has 0 aromatic heterocycles. The summed E-state index contributed by atoms with van der Waals surface area (Å²) in [5, 5.41) is 31.5. The maximum Gasteiger partial charge on any atom is 0.305 e. The zero-order valence-electron chi connectivity index (χ0n) is 15.5. The molecule has 9 nitrogen and oxygen atoms in total. The highest BCUT2D eigenvalue weighted by atomic mass is 16.4. The largest absolute Gasteiger partial charge is 0.508 e. The van der Waals surface area contributed by atoms with Crippen molar-refractivity contribution in [3.63, 3.8) is 0 Å².